The Hall–Kier alpha value is -1.67. The van der Waals surface area contributed by atoms with Crippen molar-refractivity contribution in [2.24, 2.45) is 0 Å². The van der Waals surface area contributed by atoms with Crippen molar-refractivity contribution < 1.29 is 4.74 Å². The smallest absolute Gasteiger partial charge is 0.221 e. The Morgan fingerprint density at radius 3 is 2.93 bits per heavy atom. The summed E-state index contributed by atoms with van der Waals surface area (Å²) < 4.78 is 5.40. The molecule has 0 bridgehead atoms. The van der Waals surface area contributed by atoms with Gasteiger partial charge in [0.25, 0.3) is 0 Å². The number of hydrogen-bond acceptors (Lipinski definition) is 5. The van der Waals surface area contributed by atoms with Gasteiger partial charge in [0.15, 0.2) is 0 Å². The van der Waals surface area contributed by atoms with Gasteiger partial charge >= 0.3 is 0 Å². The average Bonchev–Trinajstić information content (AvgIpc) is 2.61. The first-order valence-electron chi connectivity index (χ1n) is 4.38. The van der Waals surface area contributed by atoms with Gasteiger partial charge in [-0.2, -0.15) is 10.2 Å². The van der Waals surface area contributed by atoms with Crippen molar-refractivity contribution in [3.63, 3.8) is 0 Å². The van der Waals surface area contributed by atoms with E-state index in [4.69, 9.17) is 33.1 Å². The van der Waals surface area contributed by atoms with Crippen LogP contribution < -0.4 is 16.2 Å². The standard InChI is InChI=1S/C9H9ClN4O/c10-2-4-1-5-7(12)6(3-11)8(13)14-9(5)15-4/h4H,1-2H2,(H4,12,13,14)/t4-/m0/s1. The number of fused-ring (bicyclic) bond motifs is 1. The van der Waals surface area contributed by atoms with Crippen molar-refractivity contribution in [2.45, 2.75) is 12.5 Å². The van der Waals surface area contributed by atoms with E-state index < -0.39 is 0 Å². The summed E-state index contributed by atoms with van der Waals surface area (Å²) in [5.74, 6) is 0.857. The number of nitrogen functional groups attached to an aromatic ring is 2. The van der Waals surface area contributed by atoms with E-state index in [2.05, 4.69) is 4.98 Å². The normalized spacial score (nSPS) is 18.0. The van der Waals surface area contributed by atoms with Gasteiger partial charge in [-0.25, -0.2) is 0 Å². The van der Waals surface area contributed by atoms with Crippen molar-refractivity contribution in [2.75, 3.05) is 17.3 Å². The van der Waals surface area contributed by atoms with Crippen LogP contribution in [0.3, 0.4) is 0 Å². The maximum absolute atomic E-state index is 8.84. The lowest BCUT2D eigenvalue weighted by atomic mass is 10.1. The minimum atomic E-state index is -0.134. The molecule has 0 spiro atoms. The topological polar surface area (TPSA) is 98.0 Å². The summed E-state index contributed by atoms with van der Waals surface area (Å²) in [6.07, 6.45) is 0.442. The summed E-state index contributed by atoms with van der Waals surface area (Å²) in [6.45, 7) is 0. The Bertz CT molecular complexity index is 454. The van der Waals surface area contributed by atoms with Crippen LogP contribution in [-0.2, 0) is 6.42 Å². The first kappa shape index (κ1) is 9.87. The second-order valence-corrected chi connectivity index (χ2v) is 3.59. The van der Waals surface area contributed by atoms with Gasteiger partial charge in [0, 0.05) is 12.0 Å². The van der Waals surface area contributed by atoms with E-state index >= 15 is 0 Å². The third kappa shape index (κ3) is 1.43. The minimum absolute atomic E-state index is 0.101. The van der Waals surface area contributed by atoms with E-state index in [1.807, 2.05) is 6.07 Å². The van der Waals surface area contributed by atoms with Gasteiger partial charge in [-0.1, -0.05) is 0 Å². The highest BCUT2D eigenvalue weighted by atomic mass is 35.5. The van der Waals surface area contributed by atoms with Crippen LogP contribution in [0.1, 0.15) is 11.1 Å². The van der Waals surface area contributed by atoms with E-state index in [1.54, 1.807) is 0 Å². The van der Waals surface area contributed by atoms with Crippen LogP contribution in [0.5, 0.6) is 5.88 Å². The van der Waals surface area contributed by atoms with Gasteiger partial charge < -0.3 is 16.2 Å². The van der Waals surface area contributed by atoms with Gasteiger partial charge in [0.05, 0.1) is 11.6 Å². The number of anilines is 2. The van der Waals surface area contributed by atoms with Crippen LogP contribution in [0.25, 0.3) is 0 Å². The Labute approximate surface area is 91.6 Å². The number of halogens is 1. The molecule has 0 aromatic carbocycles. The molecule has 15 heavy (non-hydrogen) atoms. The van der Waals surface area contributed by atoms with Crippen LogP contribution in [0, 0.1) is 11.3 Å². The summed E-state index contributed by atoms with van der Waals surface area (Å²) in [7, 11) is 0. The van der Waals surface area contributed by atoms with Crippen LogP contribution in [0.2, 0.25) is 0 Å². The van der Waals surface area contributed by atoms with Gasteiger partial charge in [0.1, 0.15) is 23.6 Å². The van der Waals surface area contributed by atoms with Crippen molar-refractivity contribution in [3.8, 4) is 11.9 Å². The highest BCUT2D eigenvalue weighted by Crippen LogP contribution is 2.35. The van der Waals surface area contributed by atoms with Crippen molar-refractivity contribution in [1.29, 1.82) is 5.26 Å². The fraction of sp³-hybridized carbons (Fsp3) is 0.333. The number of ether oxygens (including phenoxy) is 1. The molecule has 0 radical (unpaired) electrons. The summed E-state index contributed by atoms with van der Waals surface area (Å²) in [5, 5.41) is 8.84. The molecule has 0 aliphatic carbocycles. The Morgan fingerprint density at radius 1 is 1.60 bits per heavy atom. The Balaban J connectivity index is 2.53. The number of hydrogen-bond donors (Lipinski definition) is 2. The predicted octanol–water partition coefficient (Wildman–Crippen LogP) is 0.660. The molecular weight excluding hydrogens is 216 g/mol. The summed E-state index contributed by atoms with van der Waals surface area (Å²) in [4.78, 5) is 3.98. The second-order valence-electron chi connectivity index (χ2n) is 3.28. The van der Waals surface area contributed by atoms with Crippen molar-refractivity contribution in [3.05, 3.63) is 11.1 Å². The molecule has 78 valence electrons. The second kappa shape index (κ2) is 3.48. The number of rotatable bonds is 1. The van der Waals surface area contributed by atoms with E-state index in [9.17, 15) is 0 Å². The van der Waals surface area contributed by atoms with Crippen molar-refractivity contribution >= 4 is 23.1 Å². The average molecular weight is 225 g/mol. The van der Waals surface area contributed by atoms with E-state index in [0.717, 1.165) is 5.56 Å². The molecule has 2 heterocycles. The zero-order valence-corrected chi connectivity index (χ0v) is 8.58. The third-order valence-corrected chi connectivity index (χ3v) is 2.67. The molecule has 1 aromatic heterocycles. The molecule has 1 atom stereocenters. The van der Waals surface area contributed by atoms with Gasteiger partial charge in [-0.05, 0) is 0 Å². The van der Waals surface area contributed by atoms with Crippen LogP contribution in [-0.4, -0.2) is 17.0 Å². The van der Waals surface area contributed by atoms with E-state index in [1.165, 1.54) is 0 Å². The fourth-order valence-corrected chi connectivity index (χ4v) is 1.73. The molecule has 0 saturated heterocycles. The molecular formula is C9H9ClN4O. The van der Waals surface area contributed by atoms with Crippen molar-refractivity contribution in [1.82, 2.24) is 4.98 Å². The SMILES string of the molecule is N#Cc1c(N)nc2c(c1N)C[C@@H](CCl)O2. The number of alkyl halides is 1. The molecule has 5 nitrogen and oxygen atoms in total. The number of pyridine rings is 1. The lowest BCUT2D eigenvalue weighted by Crippen LogP contribution is -2.14. The zero-order chi connectivity index (χ0) is 11.0. The Morgan fingerprint density at radius 2 is 2.33 bits per heavy atom. The summed E-state index contributed by atoms with van der Waals surface area (Å²) in [5.41, 5.74) is 12.7. The lowest BCUT2D eigenvalue weighted by Gasteiger charge is -2.06. The fourth-order valence-electron chi connectivity index (χ4n) is 1.56. The van der Waals surface area contributed by atoms with Crippen LogP contribution in [0.15, 0.2) is 0 Å². The molecule has 1 aliphatic heterocycles. The molecule has 0 unspecified atom stereocenters. The lowest BCUT2D eigenvalue weighted by molar-refractivity contribution is 0.250. The van der Waals surface area contributed by atoms with Crippen LogP contribution >= 0.6 is 11.6 Å². The quantitative estimate of drug-likeness (QED) is 0.683. The first-order valence-corrected chi connectivity index (χ1v) is 4.91. The van der Waals surface area contributed by atoms with Gasteiger partial charge in [-0.15, -0.1) is 11.6 Å². The number of aromatic nitrogens is 1. The first-order chi connectivity index (χ1) is 7.17. The van der Waals surface area contributed by atoms with Gasteiger partial charge in [-0.3, -0.25) is 0 Å². The van der Waals surface area contributed by atoms with E-state index in [-0.39, 0.29) is 17.5 Å². The maximum Gasteiger partial charge on any atom is 0.221 e. The van der Waals surface area contributed by atoms with Crippen LogP contribution in [0.4, 0.5) is 11.5 Å². The number of nitriles is 1. The van der Waals surface area contributed by atoms with E-state index in [0.29, 0.717) is 23.9 Å². The minimum Gasteiger partial charge on any atom is -0.472 e. The summed E-state index contributed by atoms with van der Waals surface area (Å²) in [6, 6.07) is 1.93. The maximum atomic E-state index is 8.84. The zero-order valence-electron chi connectivity index (χ0n) is 7.83. The third-order valence-electron chi connectivity index (χ3n) is 2.32. The summed E-state index contributed by atoms with van der Waals surface area (Å²) >= 11 is 5.67. The number of nitrogens with zero attached hydrogens (tertiary/aromatic N) is 2. The highest BCUT2D eigenvalue weighted by molar-refractivity contribution is 6.18. The Kier molecular flexibility index (Phi) is 2.29. The molecule has 1 aromatic rings. The predicted molar refractivity (Wildman–Crippen MR) is 56.6 cm³/mol. The monoisotopic (exact) mass is 224 g/mol. The molecule has 0 amide bonds. The molecule has 4 N–H and O–H groups in total. The molecule has 0 fully saturated rings. The molecule has 2 rings (SSSR count). The largest absolute Gasteiger partial charge is 0.472 e. The van der Waals surface area contributed by atoms with Gasteiger partial charge in [0.2, 0.25) is 5.88 Å². The molecule has 6 heteroatoms. The number of nitrogens with two attached hydrogens (primary N) is 2. The molecule has 1 aliphatic rings. The highest BCUT2D eigenvalue weighted by Gasteiger charge is 2.28. The molecule has 0 saturated carbocycles.